The molecule has 0 spiro atoms. The van der Waals surface area contributed by atoms with Crippen molar-refractivity contribution >= 4 is 28.5 Å². The number of aromatic nitrogens is 1. The minimum atomic E-state index is -1.19. The van der Waals surface area contributed by atoms with E-state index in [1.54, 1.807) is 0 Å². The first kappa shape index (κ1) is 24.1. The maximum absolute atomic E-state index is 12.7. The molecule has 1 amide bonds. The molecule has 0 bridgehead atoms. The molecule has 10 heteroatoms. The number of ether oxygens (including phenoxy) is 3. The van der Waals surface area contributed by atoms with Crippen molar-refractivity contribution in [1.82, 2.24) is 10.3 Å². The average molecular weight is 510 g/mol. The number of methoxy groups -OCH3 is 1. The quantitative estimate of drug-likeness (QED) is 0.475. The van der Waals surface area contributed by atoms with Gasteiger partial charge in [0.1, 0.15) is 12.6 Å². The number of nitrogens with one attached hydrogen (secondary N) is 1. The second-order valence-corrected chi connectivity index (χ2v) is 9.66. The first-order chi connectivity index (χ1) is 17.5. The van der Waals surface area contributed by atoms with Crippen LogP contribution >= 0.6 is 11.3 Å². The first-order valence-corrected chi connectivity index (χ1v) is 12.6. The predicted octanol–water partition coefficient (Wildman–Crippen LogP) is 3.52. The average Bonchev–Trinajstić information content (AvgIpc) is 3.46. The van der Waals surface area contributed by atoms with Crippen LogP contribution in [0.15, 0.2) is 48.5 Å². The van der Waals surface area contributed by atoms with Gasteiger partial charge in [-0.1, -0.05) is 59.9 Å². The molecule has 188 valence electrons. The molecule has 36 heavy (non-hydrogen) atoms. The number of carbonyl (C=O) groups is 2. The standard InChI is InChI=1S/C26H27N3O6S/c1-33-23-22(36-25(28-23)29-10-12-34-13-11-29)14-21(24(30)31)27-26(32)35-15-20-18-8-4-2-6-16(18)17-7-3-5-9-19(17)20/h2-9,20-21H,10-15H2,1H3,(H,27,32)(H,30,31). The Balaban J connectivity index is 1.25. The summed E-state index contributed by atoms with van der Waals surface area (Å²) >= 11 is 1.36. The summed E-state index contributed by atoms with van der Waals surface area (Å²) in [6.45, 7) is 2.74. The minimum absolute atomic E-state index is 0.0324. The van der Waals surface area contributed by atoms with Gasteiger partial charge in [0.05, 0.1) is 25.2 Å². The molecule has 3 aromatic rings. The summed E-state index contributed by atoms with van der Waals surface area (Å²) in [6.07, 6.45) is -0.744. The van der Waals surface area contributed by atoms with Crippen molar-refractivity contribution in [3.05, 3.63) is 64.5 Å². The summed E-state index contributed by atoms with van der Waals surface area (Å²) in [5.74, 6) is -0.905. The number of nitrogens with zero attached hydrogens (tertiary/aromatic N) is 2. The summed E-state index contributed by atoms with van der Waals surface area (Å²) in [6, 6.07) is 14.9. The van der Waals surface area contributed by atoms with Gasteiger partial charge in [0.2, 0.25) is 5.88 Å². The number of aliphatic carboxylic acids is 1. The monoisotopic (exact) mass is 509 g/mol. The first-order valence-electron chi connectivity index (χ1n) is 11.8. The van der Waals surface area contributed by atoms with E-state index in [9.17, 15) is 14.7 Å². The molecule has 1 aliphatic carbocycles. The molecule has 1 fully saturated rings. The second kappa shape index (κ2) is 10.5. The van der Waals surface area contributed by atoms with Crippen LogP contribution in [0, 0.1) is 0 Å². The fourth-order valence-electron chi connectivity index (χ4n) is 4.67. The topological polar surface area (TPSA) is 110 Å². The summed E-state index contributed by atoms with van der Waals surface area (Å²) < 4.78 is 16.3. The molecule has 5 rings (SSSR count). The molecule has 2 aliphatic rings. The van der Waals surface area contributed by atoms with Crippen molar-refractivity contribution in [2.24, 2.45) is 0 Å². The number of anilines is 1. The zero-order valence-electron chi connectivity index (χ0n) is 19.8. The molecule has 2 aromatic carbocycles. The highest BCUT2D eigenvalue weighted by molar-refractivity contribution is 7.15. The highest BCUT2D eigenvalue weighted by Crippen LogP contribution is 2.44. The lowest BCUT2D eigenvalue weighted by molar-refractivity contribution is -0.139. The second-order valence-electron chi connectivity index (χ2n) is 8.59. The SMILES string of the molecule is COc1nc(N2CCOCC2)sc1CC(NC(=O)OCC1c2ccccc2-c2ccccc21)C(=O)O. The number of carbonyl (C=O) groups excluding carboxylic acids is 1. The molecular weight excluding hydrogens is 482 g/mol. The van der Waals surface area contributed by atoms with Crippen molar-refractivity contribution in [3.63, 3.8) is 0 Å². The number of rotatable bonds is 8. The Kier molecular flexibility index (Phi) is 7.06. The van der Waals surface area contributed by atoms with E-state index < -0.39 is 18.1 Å². The number of alkyl carbamates (subject to hydrolysis) is 1. The van der Waals surface area contributed by atoms with Gasteiger partial charge in [-0.05, 0) is 22.3 Å². The summed E-state index contributed by atoms with van der Waals surface area (Å²) in [7, 11) is 1.50. The number of benzene rings is 2. The Morgan fingerprint density at radius 1 is 1.14 bits per heavy atom. The number of hydrogen-bond acceptors (Lipinski definition) is 8. The molecule has 1 atom stereocenters. The number of thiazole rings is 1. The number of carboxylic acid groups (broad SMARTS) is 1. The van der Waals surface area contributed by atoms with Crippen LogP contribution in [-0.2, 0) is 20.7 Å². The molecule has 9 nitrogen and oxygen atoms in total. The van der Waals surface area contributed by atoms with Crippen molar-refractivity contribution in [3.8, 4) is 17.0 Å². The fraction of sp³-hybridized carbons (Fsp3) is 0.346. The van der Waals surface area contributed by atoms with E-state index in [4.69, 9.17) is 14.2 Å². The van der Waals surface area contributed by atoms with Gasteiger partial charge in [0.15, 0.2) is 5.13 Å². The molecule has 1 aromatic heterocycles. The van der Waals surface area contributed by atoms with Gasteiger partial charge >= 0.3 is 12.1 Å². The number of morpholine rings is 1. The number of hydrogen-bond donors (Lipinski definition) is 2. The molecular formula is C26H27N3O6S. The van der Waals surface area contributed by atoms with Crippen LogP contribution in [0.25, 0.3) is 11.1 Å². The molecule has 0 saturated carbocycles. The predicted molar refractivity (Wildman–Crippen MR) is 135 cm³/mol. The van der Waals surface area contributed by atoms with Gasteiger partial charge in [0, 0.05) is 25.4 Å². The van der Waals surface area contributed by atoms with E-state index >= 15 is 0 Å². The lowest BCUT2D eigenvalue weighted by atomic mass is 9.98. The highest BCUT2D eigenvalue weighted by Gasteiger charge is 2.30. The van der Waals surface area contributed by atoms with Gasteiger partial charge in [-0.3, -0.25) is 0 Å². The fourth-order valence-corrected chi connectivity index (χ4v) is 5.80. The Morgan fingerprint density at radius 2 is 1.78 bits per heavy atom. The van der Waals surface area contributed by atoms with Gasteiger partial charge in [-0.2, -0.15) is 4.98 Å². The van der Waals surface area contributed by atoms with Crippen LogP contribution in [0.1, 0.15) is 21.9 Å². The van der Waals surface area contributed by atoms with Crippen molar-refractivity contribution < 1.29 is 28.9 Å². The number of amides is 1. The number of fused-ring (bicyclic) bond motifs is 3. The van der Waals surface area contributed by atoms with Crippen molar-refractivity contribution in [2.45, 2.75) is 18.4 Å². The van der Waals surface area contributed by atoms with Crippen LogP contribution < -0.4 is 15.0 Å². The van der Waals surface area contributed by atoms with Crippen molar-refractivity contribution in [1.29, 1.82) is 0 Å². The Morgan fingerprint density at radius 3 is 2.39 bits per heavy atom. The number of carboxylic acids is 1. The molecule has 1 aliphatic heterocycles. The summed E-state index contributed by atoms with van der Waals surface area (Å²) in [4.78, 5) is 31.9. The molecule has 2 heterocycles. The van der Waals surface area contributed by atoms with E-state index in [1.807, 2.05) is 36.4 Å². The minimum Gasteiger partial charge on any atom is -0.480 e. The lowest BCUT2D eigenvalue weighted by Gasteiger charge is -2.25. The van der Waals surface area contributed by atoms with E-state index in [0.29, 0.717) is 37.1 Å². The Hall–Kier alpha value is -3.63. The van der Waals surface area contributed by atoms with Crippen LogP contribution in [0.4, 0.5) is 9.93 Å². The van der Waals surface area contributed by atoms with Crippen LogP contribution in [0.2, 0.25) is 0 Å². The van der Waals surface area contributed by atoms with Gasteiger partial charge in [-0.15, -0.1) is 0 Å². The van der Waals surface area contributed by atoms with Crippen molar-refractivity contribution in [2.75, 3.05) is 44.9 Å². The van der Waals surface area contributed by atoms with Crippen LogP contribution in [0.3, 0.4) is 0 Å². The molecule has 1 unspecified atom stereocenters. The van der Waals surface area contributed by atoms with E-state index in [1.165, 1.54) is 18.4 Å². The third-order valence-corrected chi connectivity index (χ3v) is 7.57. The van der Waals surface area contributed by atoms with E-state index in [-0.39, 0.29) is 18.9 Å². The third-order valence-electron chi connectivity index (χ3n) is 6.45. The van der Waals surface area contributed by atoms with Gasteiger partial charge < -0.3 is 29.5 Å². The van der Waals surface area contributed by atoms with E-state index in [0.717, 1.165) is 27.4 Å². The molecule has 1 saturated heterocycles. The van der Waals surface area contributed by atoms with Gasteiger partial charge in [0.25, 0.3) is 0 Å². The third kappa shape index (κ3) is 4.87. The zero-order chi connectivity index (χ0) is 25.1. The van der Waals surface area contributed by atoms with Gasteiger partial charge in [-0.25, -0.2) is 9.59 Å². The van der Waals surface area contributed by atoms with E-state index in [2.05, 4.69) is 27.3 Å². The maximum atomic E-state index is 12.7. The smallest absolute Gasteiger partial charge is 0.407 e. The molecule has 0 radical (unpaired) electrons. The maximum Gasteiger partial charge on any atom is 0.407 e. The summed E-state index contributed by atoms with van der Waals surface area (Å²) in [5.41, 5.74) is 4.43. The normalized spacial score (nSPS) is 15.6. The Bertz CT molecular complexity index is 1210. The Labute approximate surface area is 212 Å². The zero-order valence-corrected chi connectivity index (χ0v) is 20.6. The van der Waals surface area contributed by atoms with Crippen LogP contribution in [0.5, 0.6) is 5.88 Å². The largest absolute Gasteiger partial charge is 0.480 e. The van der Waals surface area contributed by atoms with Crippen LogP contribution in [-0.4, -0.2) is 68.2 Å². The molecule has 2 N–H and O–H groups in total. The summed E-state index contributed by atoms with van der Waals surface area (Å²) in [5, 5.41) is 13.0. The highest BCUT2D eigenvalue weighted by atomic mass is 32.1. The lowest BCUT2D eigenvalue weighted by Crippen LogP contribution is -2.42.